The van der Waals surface area contributed by atoms with E-state index in [9.17, 15) is 8.42 Å². The lowest BCUT2D eigenvalue weighted by Gasteiger charge is -2.32. The number of rotatable bonds is 6. The largest absolute Gasteiger partial charge is 0.461 e. The van der Waals surface area contributed by atoms with Crippen molar-refractivity contribution < 1.29 is 17.4 Å². The number of benzene rings is 1. The molecule has 1 aliphatic heterocycles. The van der Waals surface area contributed by atoms with E-state index in [1.54, 1.807) is 18.4 Å². The van der Waals surface area contributed by atoms with Crippen LogP contribution in [0.3, 0.4) is 0 Å². The molecular weight excluding hydrogens is 378 g/mol. The third kappa shape index (κ3) is 4.41. The van der Waals surface area contributed by atoms with Crippen LogP contribution in [0.25, 0.3) is 17.6 Å². The highest BCUT2D eigenvalue weighted by Gasteiger charge is 2.25. The maximum atomic E-state index is 12.5. The molecule has 1 aliphatic rings. The second-order valence-electron chi connectivity index (χ2n) is 6.59. The second-order valence-corrected chi connectivity index (χ2v) is 8.41. The number of nitrogens with zero attached hydrogens (tertiary/aromatic N) is 3. The van der Waals surface area contributed by atoms with Gasteiger partial charge in [0.25, 0.3) is 0 Å². The van der Waals surface area contributed by atoms with Gasteiger partial charge >= 0.3 is 0 Å². The van der Waals surface area contributed by atoms with E-state index < -0.39 is 10.0 Å². The summed E-state index contributed by atoms with van der Waals surface area (Å²) in [4.78, 5) is 2.16. The summed E-state index contributed by atoms with van der Waals surface area (Å²) < 4.78 is 37.2. The number of sulfonamides is 1. The topological polar surface area (TPSA) is 79.8 Å². The monoisotopic (exact) mass is 399 g/mol. The highest BCUT2D eigenvalue weighted by molar-refractivity contribution is 7.92. The second kappa shape index (κ2) is 8.14. The molecule has 7 nitrogen and oxygen atoms in total. The predicted octanol–water partition coefficient (Wildman–Crippen LogP) is 3.05. The summed E-state index contributed by atoms with van der Waals surface area (Å²) in [7, 11) is -3.42. The molecule has 1 aromatic carbocycles. The summed E-state index contributed by atoms with van der Waals surface area (Å²) in [5.41, 5.74) is 1.66. The van der Waals surface area contributed by atoms with E-state index in [-0.39, 0.29) is 0 Å². The zero-order chi connectivity index (χ0) is 19.4. The van der Waals surface area contributed by atoms with Gasteiger partial charge in [0.05, 0.1) is 12.0 Å². The molecule has 0 amide bonds. The first-order chi connectivity index (χ1) is 13.6. The number of hydrogen-bond donors (Lipinski definition) is 0. The predicted molar refractivity (Wildman–Crippen MR) is 105 cm³/mol. The Kier molecular flexibility index (Phi) is 5.43. The van der Waals surface area contributed by atoms with Crippen molar-refractivity contribution in [3.63, 3.8) is 0 Å². The Hall–Kier alpha value is -2.68. The number of furan rings is 1. The van der Waals surface area contributed by atoms with E-state index in [1.165, 1.54) is 9.71 Å². The van der Waals surface area contributed by atoms with Crippen molar-refractivity contribution in [2.24, 2.45) is 0 Å². The molecule has 0 atom stereocenters. The standard InChI is InChI=1S/C20H21N3O4S/c24-28(25,14-8-17-5-2-1-3-6-17)23-11-9-22(10-12-23)16-18-15-20(27-21-18)19-7-4-13-26-19/h1-8,13-15H,9-12,16H2. The Bertz CT molecular complexity index is 1020. The summed E-state index contributed by atoms with van der Waals surface area (Å²) in [6.07, 6.45) is 3.22. The quantitative estimate of drug-likeness (QED) is 0.634. The zero-order valence-electron chi connectivity index (χ0n) is 15.3. The Labute approximate surface area is 163 Å². The van der Waals surface area contributed by atoms with Gasteiger partial charge in [0.1, 0.15) is 0 Å². The van der Waals surface area contributed by atoms with Gasteiger partial charge in [-0.3, -0.25) is 4.90 Å². The third-order valence-electron chi connectivity index (χ3n) is 4.63. The van der Waals surface area contributed by atoms with Crippen LogP contribution in [0.4, 0.5) is 0 Å². The lowest BCUT2D eigenvalue weighted by molar-refractivity contribution is 0.179. The number of piperazine rings is 1. The van der Waals surface area contributed by atoms with Crippen LogP contribution in [0.15, 0.2) is 69.1 Å². The summed E-state index contributed by atoms with van der Waals surface area (Å²) >= 11 is 0. The molecule has 0 unspecified atom stereocenters. The van der Waals surface area contributed by atoms with E-state index in [4.69, 9.17) is 8.94 Å². The fourth-order valence-electron chi connectivity index (χ4n) is 3.11. The fraction of sp³-hybridized carbons (Fsp3) is 0.250. The minimum Gasteiger partial charge on any atom is -0.461 e. The molecule has 28 heavy (non-hydrogen) atoms. The van der Waals surface area contributed by atoms with Crippen LogP contribution in [0.2, 0.25) is 0 Å². The van der Waals surface area contributed by atoms with Gasteiger partial charge < -0.3 is 8.94 Å². The van der Waals surface area contributed by atoms with Gasteiger partial charge in [0, 0.05) is 44.2 Å². The fourth-order valence-corrected chi connectivity index (χ4v) is 4.28. The van der Waals surface area contributed by atoms with Crippen LogP contribution >= 0.6 is 0 Å². The van der Waals surface area contributed by atoms with Crippen molar-refractivity contribution in [1.82, 2.24) is 14.4 Å². The van der Waals surface area contributed by atoms with Crippen molar-refractivity contribution >= 4 is 16.1 Å². The molecule has 3 aromatic rings. The first-order valence-electron chi connectivity index (χ1n) is 9.05. The summed E-state index contributed by atoms with van der Waals surface area (Å²) in [5, 5.41) is 5.36. The molecule has 1 saturated heterocycles. The average Bonchev–Trinajstić information content (AvgIpc) is 3.40. The Morgan fingerprint density at radius 1 is 1.00 bits per heavy atom. The molecule has 0 saturated carbocycles. The van der Waals surface area contributed by atoms with Crippen molar-refractivity contribution in [2.45, 2.75) is 6.54 Å². The van der Waals surface area contributed by atoms with Gasteiger partial charge in [0.2, 0.25) is 15.8 Å². The first kappa shape index (κ1) is 18.7. The molecule has 8 heteroatoms. The van der Waals surface area contributed by atoms with E-state index in [0.717, 1.165) is 11.3 Å². The Morgan fingerprint density at radius 3 is 2.50 bits per heavy atom. The highest BCUT2D eigenvalue weighted by Crippen LogP contribution is 2.21. The van der Waals surface area contributed by atoms with Crippen molar-refractivity contribution in [2.75, 3.05) is 26.2 Å². The molecule has 0 spiro atoms. The molecule has 0 aliphatic carbocycles. The van der Waals surface area contributed by atoms with Crippen LogP contribution in [-0.4, -0.2) is 49.0 Å². The molecule has 0 N–H and O–H groups in total. The van der Waals surface area contributed by atoms with Gasteiger partial charge in [-0.1, -0.05) is 35.5 Å². The van der Waals surface area contributed by atoms with Crippen LogP contribution in [0, 0.1) is 0 Å². The maximum Gasteiger partial charge on any atom is 0.236 e. The van der Waals surface area contributed by atoms with Gasteiger partial charge in [-0.2, -0.15) is 4.31 Å². The molecule has 2 aromatic heterocycles. The van der Waals surface area contributed by atoms with Crippen LogP contribution in [-0.2, 0) is 16.6 Å². The van der Waals surface area contributed by atoms with E-state index >= 15 is 0 Å². The van der Waals surface area contributed by atoms with E-state index in [2.05, 4.69) is 10.1 Å². The number of aromatic nitrogens is 1. The molecule has 146 valence electrons. The van der Waals surface area contributed by atoms with Crippen LogP contribution in [0.1, 0.15) is 11.3 Å². The van der Waals surface area contributed by atoms with Crippen LogP contribution in [0.5, 0.6) is 0 Å². The van der Waals surface area contributed by atoms with Gasteiger partial charge in [0.15, 0.2) is 5.76 Å². The number of hydrogen-bond acceptors (Lipinski definition) is 6. The summed E-state index contributed by atoms with van der Waals surface area (Å²) in [6.45, 7) is 2.79. The molecular formula is C20H21N3O4S. The zero-order valence-corrected chi connectivity index (χ0v) is 16.1. The summed E-state index contributed by atoms with van der Waals surface area (Å²) in [6, 6.07) is 14.9. The normalized spacial score (nSPS) is 16.7. The van der Waals surface area contributed by atoms with Gasteiger partial charge in [-0.05, 0) is 23.8 Å². The first-order valence-corrected chi connectivity index (χ1v) is 10.6. The molecule has 1 fully saturated rings. The van der Waals surface area contributed by atoms with Crippen molar-refractivity contribution in [3.05, 3.63) is 71.5 Å². The van der Waals surface area contributed by atoms with E-state index in [1.807, 2.05) is 42.5 Å². The maximum absolute atomic E-state index is 12.5. The average molecular weight is 399 g/mol. The highest BCUT2D eigenvalue weighted by atomic mass is 32.2. The Morgan fingerprint density at radius 2 is 1.79 bits per heavy atom. The van der Waals surface area contributed by atoms with Crippen LogP contribution < -0.4 is 0 Å². The summed E-state index contributed by atoms with van der Waals surface area (Å²) in [5.74, 6) is 1.23. The molecule has 0 bridgehead atoms. The molecule has 4 rings (SSSR count). The van der Waals surface area contributed by atoms with Crippen molar-refractivity contribution in [3.8, 4) is 11.5 Å². The third-order valence-corrected chi connectivity index (χ3v) is 6.20. The lowest BCUT2D eigenvalue weighted by Crippen LogP contribution is -2.47. The smallest absolute Gasteiger partial charge is 0.236 e. The molecule has 3 heterocycles. The minimum atomic E-state index is -3.42. The SMILES string of the molecule is O=S(=O)(C=Cc1ccccc1)N1CCN(Cc2cc(-c3ccco3)on2)CC1. The molecule has 0 radical (unpaired) electrons. The lowest BCUT2D eigenvalue weighted by atomic mass is 10.2. The van der Waals surface area contributed by atoms with Gasteiger partial charge in [-0.15, -0.1) is 0 Å². The van der Waals surface area contributed by atoms with Crippen molar-refractivity contribution in [1.29, 1.82) is 0 Å². The Balaban J connectivity index is 1.32. The van der Waals surface area contributed by atoms with Gasteiger partial charge in [-0.25, -0.2) is 8.42 Å². The minimum absolute atomic E-state index is 0.449. The van der Waals surface area contributed by atoms with E-state index in [0.29, 0.717) is 44.2 Å².